The van der Waals surface area contributed by atoms with E-state index in [1.807, 2.05) is 0 Å². The summed E-state index contributed by atoms with van der Waals surface area (Å²) in [6.45, 7) is 6.97. The van der Waals surface area contributed by atoms with Crippen LogP contribution in [0.1, 0.15) is 38.8 Å². The first-order valence-electron chi connectivity index (χ1n) is 12.0. The number of sulfonamides is 1. The van der Waals surface area contributed by atoms with E-state index in [0.29, 0.717) is 11.3 Å². The average Bonchev–Trinajstić information content (AvgIpc) is 2.91. The third kappa shape index (κ3) is 8.06. The van der Waals surface area contributed by atoms with Crippen LogP contribution >= 0.6 is 0 Å². The Kier molecular flexibility index (Phi) is 9.92. The van der Waals surface area contributed by atoms with Crippen molar-refractivity contribution >= 4 is 15.9 Å². The number of nitrogens with zero attached hydrogens (tertiary/aromatic N) is 3. The van der Waals surface area contributed by atoms with Crippen LogP contribution in [0.2, 0.25) is 0 Å². The number of hydroxylamine groups is 1. The number of pyridine rings is 2. The highest BCUT2D eigenvalue weighted by atomic mass is 32.2. The molecule has 0 saturated carbocycles. The van der Waals surface area contributed by atoms with Gasteiger partial charge in [-0.3, -0.25) is 19.6 Å². The van der Waals surface area contributed by atoms with E-state index in [1.165, 1.54) is 23.5 Å². The fourth-order valence-corrected chi connectivity index (χ4v) is 5.14. The Hall–Kier alpha value is -3.38. The molecule has 10 nitrogen and oxygen atoms in total. The van der Waals surface area contributed by atoms with Crippen LogP contribution in [0.3, 0.4) is 0 Å². The van der Waals surface area contributed by atoms with Crippen molar-refractivity contribution in [3.8, 4) is 5.75 Å². The predicted octanol–water partition coefficient (Wildman–Crippen LogP) is 3.50. The molecule has 1 amide bonds. The van der Waals surface area contributed by atoms with Gasteiger partial charge >= 0.3 is 0 Å². The zero-order valence-electron chi connectivity index (χ0n) is 22.2. The molecule has 0 aliphatic rings. The van der Waals surface area contributed by atoms with Crippen LogP contribution in [0.25, 0.3) is 0 Å². The van der Waals surface area contributed by atoms with E-state index in [2.05, 4.69) is 15.4 Å². The van der Waals surface area contributed by atoms with Gasteiger partial charge in [0, 0.05) is 31.3 Å². The van der Waals surface area contributed by atoms with Gasteiger partial charge in [-0.2, -0.15) is 4.31 Å². The molecule has 0 bridgehead atoms. The minimum absolute atomic E-state index is 0.0368. The first kappa shape index (κ1) is 29.2. The minimum atomic E-state index is -4.09. The van der Waals surface area contributed by atoms with E-state index in [0.717, 1.165) is 5.56 Å². The molecule has 2 aromatic heterocycles. The summed E-state index contributed by atoms with van der Waals surface area (Å²) in [5.74, 6) is -0.0929. The monoisotopic (exact) mass is 542 g/mol. The molecule has 0 unspecified atom stereocenters. The van der Waals surface area contributed by atoms with Gasteiger partial charge in [-0.1, -0.05) is 12.1 Å². The maximum atomic E-state index is 13.9. The SMILES string of the molecule is COc1ccc(S(=O)(=O)N(Cc2cccnc2)[C@H](C)[C@@H](OCc2cccnc2)C(=O)NOC(C)(C)C)cc1. The Labute approximate surface area is 224 Å². The van der Waals surface area contributed by atoms with Crippen molar-refractivity contribution < 1.29 is 27.5 Å². The van der Waals surface area contributed by atoms with Crippen molar-refractivity contribution in [1.29, 1.82) is 0 Å². The molecule has 204 valence electrons. The molecule has 11 heteroatoms. The highest BCUT2D eigenvalue weighted by Crippen LogP contribution is 2.26. The third-order valence-electron chi connectivity index (χ3n) is 5.49. The van der Waals surface area contributed by atoms with Gasteiger partial charge in [0.25, 0.3) is 5.91 Å². The molecule has 0 radical (unpaired) electrons. The van der Waals surface area contributed by atoms with Crippen LogP contribution in [-0.4, -0.2) is 53.5 Å². The van der Waals surface area contributed by atoms with Crippen molar-refractivity contribution in [1.82, 2.24) is 19.8 Å². The first-order chi connectivity index (χ1) is 18.0. The molecule has 0 fully saturated rings. The molecule has 3 aromatic rings. The second-order valence-corrected chi connectivity index (χ2v) is 11.5. The van der Waals surface area contributed by atoms with Crippen LogP contribution < -0.4 is 10.2 Å². The fourth-order valence-electron chi connectivity index (χ4n) is 3.52. The average molecular weight is 543 g/mol. The molecule has 0 aliphatic heterocycles. The van der Waals surface area contributed by atoms with Crippen molar-refractivity contribution in [2.45, 2.75) is 63.5 Å². The molecular formula is C27H34N4O6S. The maximum absolute atomic E-state index is 13.9. The van der Waals surface area contributed by atoms with Gasteiger partial charge in [0.2, 0.25) is 10.0 Å². The Morgan fingerprint density at radius 3 is 2.13 bits per heavy atom. The highest BCUT2D eigenvalue weighted by molar-refractivity contribution is 7.89. The molecule has 2 heterocycles. The van der Waals surface area contributed by atoms with E-state index in [1.54, 1.807) is 88.9 Å². The summed E-state index contributed by atoms with van der Waals surface area (Å²) in [5.41, 5.74) is 3.14. The van der Waals surface area contributed by atoms with Gasteiger partial charge < -0.3 is 9.47 Å². The number of aromatic nitrogens is 2. The Balaban J connectivity index is 1.99. The number of rotatable bonds is 12. The van der Waals surface area contributed by atoms with Crippen molar-refractivity contribution in [3.05, 3.63) is 84.4 Å². The Bertz CT molecular complexity index is 1270. The Morgan fingerprint density at radius 2 is 1.61 bits per heavy atom. The van der Waals surface area contributed by atoms with Gasteiger partial charge in [0.15, 0.2) is 6.10 Å². The van der Waals surface area contributed by atoms with E-state index in [9.17, 15) is 13.2 Å². The smallest absolute Gasteiger partial charge is 0.274 e. The maximum Gasteiger partial charge on any atom is 0.274 e. The van der Waals surface area contributed by atoms with Crippen LogP contribution in [0.4, 0.5) is 0 Å². The number of amides is 1. The number of hydrogen-bond donors (Lipinski definition) is 1. The lowest BCUT2D eigenvalue weighted by Crippen LogP contribution is -2.52. The van der Waals surface area contributed by atoms with Crippen molar-refractivity contribution in [3.63, 3.8) is 0 Å². The van der Waals surface area contributed by atoms with Gasteiger partial charge in [-0.05, 0) is 75.2 Å². The van der Waals surface area contributed by atoms with E-state index in [-0.39, 0.29) is 18.0 Å². The minimum Gasteiger partial charge on any atom is -0.497 e. The summed E-state index contributed by atoms with van der Waals surface area (Å²) in [6.07, 6.45) is 5.21. The topological polar surface area (TPSA) is 120 Å². The lowest BCUT2D eigenvalue weighted by Gasteiger charge is -2.33. The van der Waals surface area contributed by atoms with Crippen LogP contribution in [0, 0.1) is 0 Å². The molecule has 0 saturated heterocycles. The number of carbonyl (C=O) groups is 1. The molecule has 1 N–H and O–H groups in total. The molecule has 3 rings (SSSR count). The third-order valence-corrected chi connectivity index (χ3v) is 7.44. The zero-order valence-corrected chi connectivity index (χ0v) is 23.0. The summed E-state index contributed by atoms with van der Waals surface area (Å²) >= 11 is 0. The molecule has 38 heavy (non-hydrogen) atoms. The highest BCUT2D eigenvalue weighted by Gasteiger charge is 2.38. The largest absolute Gasteiger partial charge is 0.497 e. The van der Waals surface area contributed by atoms with Crippen molar-refractivity contribution in [2.24, 2.45) is 0 Å². The van der Waals surface area contributed by atoms with Crippen LogP contribution in [0.15, 0.2) is 78.2 Å². The van der Waals surface area contributed by atoms with Gasteiger partial charge in [-0.25, -0.2) is 13.9 Å². The number of methoxy groups -OCH3 is 1. The van der Waals surface area contributed by atoms with Gasteiger partial charge in [0.05, 0.1) is 30.3 Å². The lowest BCUT2D eigenvalue weighted by molar-refractivity contribution is -0.160. The molecule has 2 atom stereocenters. The number of nitrogens with one attached hydrogen (secondary N) is 1. The molecular weight excluding hydrogens is 508 g/mol. The standard InChI is InChI=1S/C27H34N4O6S/c1-20(25(26(32)30-37-27(2,3)4)36-19-22-9-7-15-29-17-22)31(18-21-8-6-14-28-16-21)38(33,34)24-12-10-23(35-5)11-13-24/h6-17,20,25H,18-19H2,1-5H3,(H,30,32)/t20-,25-/m1/s1. The number of ether oxygens (including phenoxy) is 2. The second kappa shape index (κ2) is 12.9. The second-order valence-electron chi connectivity index (χ2n) is 9.60. The first-order valence-corrected chi connectivity index (χ1v) is 13.5. The molecule has 1 aromatic carbocycles. The summed E-state index contributed by atoms with van der Waals surface area (Å²) in [7, 11) is -2.59. The Morgan fingerprint density at radius 1 is 1.00 bits per heavy atom. The van der Waals surface area contributed by atoms with Gasteiger partial charge in [-0.15, -0.1) is 0 Å². The van der Waals surface area contributed by atoms with Crippen LogP contribution in [0.5, 0.6) is 5.75 Å². The quantitative estimate of drug-likeness (QED) is 0.346. The fraction of sp³-hybridized carbons (Fsp3) is 0.370. The number of hydrogen-bond acceptors (Lipinski definition) is 8. The predicted molar refractivity (Wildman–Crippen MR) is 141 cm³/mol. The molecule has 0 spiro atoms. The summed E-state index contributed by atoms with van der Waals surface area (Å²) < 4.78 is 40.3. The van der Waals surface area contributed by atoms with E-state index >= 15 is 0 Å². The summed E-state index contributed by atoms with van der Waals surface area (Å²) in [4.78, 5) is 27.0. The summed E-state index contributed by atoms with van der Waals surface area (Å²) in [6, 6.07) is 12.2. The van der Waals surface area contributed by atoms with Gasteiger partial charge in [0.1, 0.15) is 5.75 Å². The van der Waals surface area contributed by atoms with E-state index < -0.39 is 33.7 Å². The number of benzene rings is 1. The van der Waals surface area contributed by atoms with Crippen LogP contribution in [-0.2, 0) is 37.5 Å². The zero-order chi connectivity index (χ0) is 27.8. The summed E-state index contributed by atoms with van der Waals surface area (Å²) in [5, 5.41) is 0. The number of carbonyl (C=O) groups excluding carboxylic acids is 1. The lowest BCUT2D eigenvalue weighted by atomic mass is 10.1. The van der Waals surface area contributed by atoms with E-state index in [4.69, 9.17) is 14.3 Å². The van der Waals surface area contributed by atoms with Crippen molar-refractivity contribution in [2.75, 3.05) is 7.11 Å². The normalized spacial score (nSPS) is 13.6. The molecule has 0 aliphatic carbocycles.